The predicted molar refractivity (Wildman–Crippen MR) is 76.0 cm³/mol. The summed E-state index contributed by atoms with van der Waals surface area (Å²) in [4.78, 5) is 0. The van der Waals surface area contributed by atoms with Crippen molar-refractivity contribution in [1.29, 1.82) is 0 Å². The Morgan fingerprint density at radius 2 is 2.17 bits per heavy atom. The van der Waals surface area contributed by atoms with E-state index in [2.05, 4.69) is 41.2 Å². The second-order valence-electron chi connectivity index (χ2n) is 5.02. The van der Waals surface area contributed by atoms with Gasteiger partial charge in [0.2, 0.25) is 6.79 Å². The van der Waals surface area contributed by atoms with Gasteiger partial charge >= 0.3 is 0 Å². The Hall–Kier alpha value is -0.740. The average Bonchev–Trinajstić information content (AvgIpc) is 2.77. The monoisotopic (exact) mass is 313 g/mol. The molecule has 1 aliphatic heterocycles. The van der Waals surface area contributed by atoms with E-state index < -0.39 is 0 Å². The maximum absolute atomic E-state index is 5.40. The molecule has 0 unspecified atom stereocenters. The van der Waals surface area contributed by atoms with E-state index in [9.17, 15) is 0 Å². The van der Waals surface area contributed by atoms with Crippen molar-refractivity contribution in [2.45, 2.75) is 33.2 Å². The van der Waals surface area contributed by atoms with E-state index in [0.29, 0.717) is 6.79 Å². The second-order valence-corrected chi connectivity index (χ2v) is 5.88. The zero-order chi connectivity index (χ0) is 13.0. The minimum absolute atomic E-state index is 0.319. The standard InChI is InChI=1S/C14H20BrNO2/c1-10(2)4-3-5-16-8-11-6-12(15)14-13(7-11)17-9-18-14/h6-7,10,16H,3-5,8-9H2,1-2H3. The molecule has 0 bridgehead atoms. The summed E-state index contributed by atoms with van der Waals surface area (Å²) in [7, 11) is 0. The molecule has 0 saturated carbocycles. The van der Waals surface area contributed by atoms with Crippen molar-refractivity contribution >= 4 is 15.9 Å². The number of ether oxygens (including phenoxy) is 2. The summed E-state index contributed by atoms with van der Waals surface area (Å²) in [6, 6.07) is 4.13. The van der Waals surface area contributed by atoms with Crippen LogP contribution in [0.2, 0.25) is 0 Å². The predicted octanol–water partition coefficient (Wildman–Crippen LogP) is 3.70. The number of hydrogen-bond acceptors (Lipinski definition) is 3. The fraction of sp³-hybridized carbons (Fsp3) is 0.571. The first-order chi connectivity index (χ1) is 8.66. The van der Waals surface area contributed by atoms with Gasteiger partial charge < -0.3 is 14.8 Å². The Balaban J connectivity index is 1.81. The van der Waals surface area contributed by atoms with E-state index in [1.807, 2.05) is 6.07 Å². The first-order valence-corrected chi connectivity index (χ1v) is 7.25. The largest absolute Gasteiger partial charge is 0.454 e. The van der Waals surface area contributed by atoms with Gasteiger partial charge in [-0.1, -0.05) is 13.8 Å². The first kappa shape index (κ1) is 13.7. The minimum atomic E-state index is 0.319. The third kappa shape index (κ3) is 3.62. The first-order valence-electron chi connectivity index (χ1n) is 6.45. The van der Waals surface area contributed by atoms with Crippen LogP contribution in [0.4, 0.5) is 0 Å². The second kappa shape index (κ2) is 6.43. The molecule has 0 amide bonds. The molecule has 0 saturated heterocycles. The van der Waals surface area contributed by atoms with Crippen LogP contribution in [0.5, 0.6) is 11.5 Å². The lowest BCUT2D eigenvalue weighted by Gasteiger charge is -2.08. The van der Waals surface area contributed by atoms with Crippen molar-refractivity contribution < 1.29 is 9.47 Å². The molecular weight excluding hydrogens is 294 g/mol. The molecule has 0 spiro atoms. The summed E-state index contributed by atoms with van der Waals surface area (Å²) in [5.41, 5.74) is 1.22. The van der Waals surface area contributed by atoms with Gasteiger partial charge in [-0.25, -0.2) is 0 Å². The van der Waals surface area contributed by atoms with E-state index >= 15 is 0 Å². The van der Waals surface area contributed by atoms with Gasteiger partial charge in [-0.3, -0.25) is 0 Å². The van der Waals surface area contributed by atoms with Crippen LogP contribution in [-0.4, -0.2) is 13.3 Å². The van der Waals surface area contributed by atoms with Crippen LogP contribution in [0.3, 0.4) is 0 Å². The van der Waals surface area contributed by atoms with Crippen LogP contribution in [0, 0.1) is 5.92 Å². The molecule has 1 heterocycles. The quantitative estimate of drug-likeness (QED) is 0.812. The molecule has 18 heavy (non-hydrogen) atoms. The van der Waals surface area contributed by atoms with E-state index in [4.69, 9.17) is 9.47 Å². The maximum Gasteiger partial charge on any atom is 0.231 e. The maximum atomic E-state index is 5.40. The summed E-state index contributed by atoms with van der Waals surface area (Å²) >= 11 is 3.51. The van der Waals surface area contributed by atoms with Gasteiger partial charge in [-0.15, -0.1) is 0 Å². The molecular formula is C14H20BrNO2. The summed E-state index contributed by atoms with van der Waals surface area (Å²) in [5, 5.41) is 3.46. The van der Waals surface area contributed by atoms with E-state index in [0.717, 1.165) is 35.0 Å². The third-order valence-electron chi connectivity index (χ3n) is 2.95. The zero-order valence-corrected chi connectivity index (χ0v) is 12.5. The van der Waals surface area contributed by atoms with Gasteiger partial charge in [0.15, 0.2) is 11.5 Å². The Bertz CT molecular complexity index is 407. The molecule has 2 rings (SSSR count). The summed E-state index contributed by atoms with van der Waals surface area (Å²) in [6.45, 7) is 6.76. The fourth-order valence-electron chi connectivity index (χ4n) is 1.99. The molecule has 0 aromatic heterocycles. The molecule has 0 fully saturated rings. The Morgan fingerprint density at radius 1 is 1.33 bits per heavy atom. The smallest absolute Gasteiger partial charge is 0.231 e. The SMILES string of the molecule is CC(C)CCCNCc1cc(Br)c2c(c1)OCO2. The van der Waals surface area contributed by atoms with Crippen molar-refractivity contribution in [1.82, 2.24) is 5.32 Å². The highest BCUT2D eigenvalue weighted by Gasteiger charge is 2.17. The van der Waals surface area contributed by atoms with Gasteiger partial charge in [0.25, 0.3) is 0 Å². The number of nitrogens with one attached hydrogen (secondary N) is 1. The number of benzene rings is 1. The van der Waals surface area contributed by atoms with Crippen molar-refractivity contribution in [3.63, 3.8) is 0 Å². The van der Waals surface area contributed by atoms with Crippen LogP contribution in [-0.2, 0) is 6.54 Å². The molecule has 0 aliphatic carbocycles. The van der Waals surface area contributed by atoms with E-state index in [-0.39, 0.29) is 0 Å². The fourth-order valence-corrected chi connectivity index (χ4v) is 2.59. The molecule has 4 heteroatoms. The average molecular weight is 314 g/mol. The highest BCUT2D eigenvalue weighted by Crippen LogP contribution is 2.39. The minimum Gasteiger partial charge on any atom is -0.454 e. The Morgan fingerprint density at radius 3 is 2.94 bits per heavy atom. The van der Waals surface area contributed by atoms with Crippen LogP contribution in [0.25, 0.3) is 0 Å². The van der Waals surface area contributed by atoms with Crippen molar-refractivity contribution in [2.24, 2.45) is 5.92 Å². The van der Waals surface area contributed by atoms with Crippen molar-refractivity contribution in [3.8, 4) is 11.5 Å². The van der Waals surface area contributed by atoms with Crippen LogP contribution in [0.1, 0.15) is 32.3 Å². The summed E-state index contributed by atoms with van der Waals surface area (Å²) < 4.78 is 11.7. The molecule has 1 aliphatic rings. The number of fused-ring (bicyclic) bond motifs is 1. The summed E-state index contributed by atoms with van der Waals surface area (Å²) in [6.07, 6.45) is 2.50. The Kier molecular flexibility index (Phi) is 4.89. The number of hydrogen-bond donors (Lipinski definition) is 1. The van der Waals surface area contributed by atoms with Gasteiger partial charge in [0.05, 0.1) is 4.47 Å². The Labute approximate surface area is 117 Å². The van der Waals surface area contributed by atoms with Crippen LogP contribution >= 0.6 is 15.9 Å². The van der Waals surface area contributed by atoms with Crippen LogP contribution < -0.4 is 14.8 Å². The van der Waals surface area contributed by atoms with Gasteiger partial charge in [0, 0.05) is 6.54 Å². The molecule has 1 aromatic rings. The van der Waals surface area contributed by atoms with E-state index in [1.54, 1.807) is 0 Å². The highest BCUT2D eigenvalue weighted by molar-refractivity contribution is 9.10. The molecule has 100 valence electrons. The van der Waals surface area contributed by atoms with Crippen molar-refractivity contribution in [2.75, 3.05) is 13.3 Å². The van der Waals surface area contributed by atoms with Gasteiger partial charge in [-0.05, 0) is 58.9 Å². The molecule has 3 nitrogen and oxygen atoms in total. The molecule has 1 N–H and O–H groups in total. The van der Waals surface area contributed by atoms with E-state index in [1.165, 1.54) is 18.4 Å². The lowest BCUT2D eigenvalue weighted by molar-refractivity contribution is 0.173. The normalized spacial score (nSPS) is 13.3. The lowest BCUT2D eigenvalue weighted by Crippen LogP contribution is -2.15. The topological polar surface area (TPSA) is 30.5 Å². The molecule has 0 atom stereocenters. The summed E-state index contributed by atoms with van der Waals surface area (Å²) in [5.74, 6) is 2.44. The lowest BCUT2D eigenvalue weighted by atomic mass is 10.1. The van der Waals surface area contributed by atoms with Crippen LogP contribution in [0.15, 0.2) is 16.6 Å². The van der Waals surface area contributed by atoms with Crippen molar-refractivity contribution in [3.05, 3.63) is 22.2 Å². The zero-order valence-electron chi connectivity index (χ0n) is 11.0. The third-order valence-corrected chi connectivity index (χ3v) is 3.54. The van der Waals surface area contributed by atoms with Gasteiger partial charge in [0.1, 0.15) is 0 Å². The highest BCUT2D eigenvalue weighted by atomic mass is 79.9. The molecule has 1 aromatic carbocycles. The van der Waals surface area contributed by atoms with Gasteiger partial charge in [-0.2, -0.15) is 0 Å². The molecule has 0 radical (unpaired) electrons. The number of rotatable bonds is 6. The number of halogens is 1.